The molecule has 146 valence electrons. The molecule has 1 saturated heterocycles. The molecule has 0 radical (unpaired) electrons. The fourth-order valence-corrected chi connectivity index (χ4v) is 4.08. The van der Waals surface area contributed by atoms with Crippen molar-refractivity contribution in [1.82, 2.24) is 15.2 Å². The van der Waals surface area contributed by atoms with Gasteiger partial charge in [-0.2, -0.15) is 0 Å². The molecule has 2 fully saturated rings. The average molecular weight is 378 g/mol. The van der Waals surface area contributed by atoms with E-state index in [9.17, 15) is 9.59 Å². The number of amides is 3. The van der Waals surface area contributed by atoms with Crippen molar-refractivity contribution in [2.45, 2.75) is 32.7 Å². The standard InChI is InChI=1S/C22H26N4O2/c1-2-16-5-7-18(8-6-16)25-21(28)26-11-9-22(15-26)12-19(22)20(27)24-14-17-4-3-10-23-13-17/h3-8,10,13,19H,2,9,11-12,14-15H2,1H3,(H,24,27)(H,25,28)/t19-,22-/m1/s1. The van der Waals surface area contributed by atoms with Crippen LogP contribution in [0.5, 0.6) is 0 Å². The molecule has 1 aliphatic carbocycles. The van der Waals surface area contributed by atoms with E-state index in [-0.39, 0.29) is 23.3 Å². The molecule has 3 amide bonds. The molecule has 6 heteroatoms. The lowest BCUT2D eigenvalue weighted by Crippen LogP contribution is -2.34. The maximum Gasteiger partial charge on any atom is 0.321 e. The second-order valence-corrected chi connectivity index (χ2v) is 7.85. The number of likely N-dealkylation sites (tertiary alicyclic amines) is 1. The smallest absolute Gasteiger partial charge is 0.321 e. The summed E-state index contributed by atoms with van der Waals surface area (Å²) < 4.78 is 0. The number of urea groups is 1. The third kappa shape index (κ3) is 3.86. The Morgan fingerprint density at radius 1 is 1.21 bits per heavy atom. The second-order valence-electron chi connectivity index (χ2n) is 7.85. The Hall–Kier alpha value is -2.89. The number of aryl methyl sites for hydroxylation is 1. The molecule has 6 nitrogen and oxygen atoms in total. The van der Waals surface area contributed by atoms with Crippen molar-refractivity contribution >= 4 is 17.6 Å². The van der Waals surface area contributed by atoms with Crippen LogP contribution in [0, 0.1) is 11.3 Å². The van der Waals surface area contributed by atoms with Gasteiger partial charge in [-0.1, -0.05) is 25.1 Å². The van der Waals surface area contributed by atoms with E-state index >= 15 is 0 Å². The van der Waals surface area contributed by atoms with Gasteiger partial charge in [-0.15, -0.1) is 0 Å². The van der Waals surface area contributed by atoms with Gasteiger partial charge in [0.15, 0.2) is 0 Å². The number of benzene rings is 1. The molecule has 2 heterocycles. The Balaban J connectivity index is 1.27. The fourth-order valence-electron chi connectivity index (χ4n) is 4.08. The van der Waals surface area contributed by atoms with E-state index in [1.807, 2.05) is 41.3 Å². The molecule has 2 N–H and O–H groups in total. The van der Waals surface area contributed by atoms with Crippen LogP contribution in [0.15, 0.2) is 48.8 Å². The first-order chi connectivity index (χ1) is 13.6. The lowest BCUT2D eigenvalue weighted by Gasteiger charge is -2.18. The molecule has 1 spiro atoms. The number of nitrogens with zero attached hydrogens (tertiary/aromatic N) is 2. The van der Waals surface area contributed by atoms with Crippen LogP contribution in [-0.4, -0.2) is 34.9 Å². The number of anilines is 1. The van der Waals surface area contributed by atoms with Gasteiger partial charge in [0.05, 0.1) is 0 Å². The molecule has 2 atom stereocenters. The molecule has 0 bridgehead atoms. The Kier molecular flexibility index (Phi) is 5.03. The summed E-state index contributed by atoms with van der Waals surface area (Å²) in [5.41, 5.74) is 3.01. The highest BCUT2D eigenvalue weighted by Crippen LogP contribution is 2.58. The first kappa shape index (κ1) is 18.5. The molecule has 0 unspecified atom stereocenters. The van der Waals surface area contributed by atoms with Gasteiger partial charge in [0, 0.05) is 49.0 Å². The van der Waals surface area contributed by atoms with Crippen LogP contribution in [0.1, 0.15) is 30.9 Å². The normalized spacial score (nSPS) is 22.9. The van der Waals surface area contributed by atoms with Gasteiger partial charge in [0.2, 0.25) is 5.91 Å². The predicted molar refractivity (Wildman–Crippen MR) is 108 cm³/mol. The van der Waals surface area contributed by atoms with Gasteiger partial charge in [0.25, 0.3) is 0 Å². The minimum absolute atomic E-state index is 0.00538. The first-order valence-electron chi connectivity index (χ1n) is 9.91. The van der Waals surface area contributed by atoms with E-state index in [1.54, 1.807) is 12.4 Å². The molecule has 1 aromatic carbocycles. The van der Waals surface area contributed by atoms with Gasteiger partial charge in [-0.25, -0.2) is 4.79 Å². The summed E-state index contributed by atoms with van der Waals surface area (Å²) in [6.45, 7) is 3.95. The van der Waals surface area contributed by atoms with E-state index in [2.05, 4.69) is 22.5 Å². The highest BCUT2D eigenvalue weighted by atomic mass is 16.2. The van der Waals surface area contributed by atoms with Crippen molar-refractivity contribution in [2.75, 3.05) is 18.4 Å². The number of hydrogen-bond donors (Lipinski definition) is 2. The fraction of sp³-hybridized carbons (Fsp3) is 0.409. The molecule has 1 aromatic heterocycles. The molecule has 2 aromatic rings. The van der Waals surface area contributed by atoms with Gasteiger partial charge in [-0.05, 0) is 48.6 Å². The number of aromatic nitrogens is 1. The maximum absolute atomic E-state index is 12.6. The van der Waals surface area contributed by atoms with E-state index in [0.717, 1.165) is 30.5 Å². The highest BCUT2D eigenvalue weighted by molar-refractivity contribution is 5.90. The lowest BCUT2D eigenvalue weighted by atomic mass is 10.0. The van der Waals surface area contributed by atoms with Crippen LogP contribution < -0.4 is 10.6 Å². The van der Waals surface area contributed by atoms with Crippen molar-refractivity contribution < 1.29 is 9.59 Å². The topological polar surface area (TPSA) is 74.3 Å². The van der Waals surface area contributed by atoms with E-state index in [0.29, 0.717) is 19.6 Å². The van der Waals surface area contributed by atoms with E-state index in [4.69, 9.17) is 0 Å². The molecule has 28 heavy (non-hydrogen) atoms. The lowest BCUT2D eigenvalue weighted by molar-refractivity contribution is -0.123. The van der Waals surface area contributed by atoms with Crippen molar-refractivity contribution in [3.63, 3.8) is 0 Å². The van der Waals surface area contributed by atoms with E-state index < -0.39 is 0 Å². The van der Waals surface area contributed by atoms with Crippen LogP contribution in [0.2, 0.25) is 0 Å². The van der Waals surface area contributed by atoms with Gasteiger partial charge in [0.1, 0.15) is 0 Å². The Bertz CT molecular complexity index is 853. The average Bonchev–Trinajstić information content (AvgIpc) is 3.26. The number of carbonyl (C=O) groups is 2. The number of rotatable bonds is 5. The van der Waals surface area contributed by atoms with Crippen molar-refractivity contribution in [3.05, 3.63) is 59.9 Å². The quantitative estimate of drug-likeness (QED) is 0.839. The molecular formula is C22H26N4O2. The Morgan fingerprint density at radius 3 is 2.75 bits per heavy atom. The Labute approximate surface area is 165 Å². The van der Waals surface area contributed by atoms with Gasteiger partial charge < -0.3 is 15.5 Å². The zero-order valence-electron chi connectivity index (χ0n) is 16.1. The van der Waals surface area contributed by atoms with Gasteiger partial charge >= 0.3 is 6.03 Å². The van der Waals surface area contributed by atoms with Crippen LogP contribution in [0.3, 0.4) is 0 Å². The van der Waals surface area contributed by atoms with Crippen LogP contribution in [-0.2, 0) is 17.8 Å². The second kappa shape index (κ2) is 7.62. The number of hydrogen-bond acceptors (Lipinski definition) is 3. The summed E-state index contributed by atoms with van der Waals surface area (Å²) in [6.07, 6.45) is 6.21. The van der Waals surface area contributed by atoms with Crippen LogP contribution in [0.25, 0.3) is 0 Å². The van der Waals surface area contributed by atoms with Crippen molar-refractivity contribution in [3.8, 4) is 0 Å². The largest absolute Gasteiger partial charge is 0.352 e. The third-order valence-corrected chi connectivity index (χ3v) is 5.98. The van der Waals surface area contributed by atoms with Crippen molar-refractivity contribution in [2.24, 2.45) is 11.3 Å². The summed E-state index contributed by atoms with van der Waals surface area (Å²) >= 11 is 0. The van der Waals surface area contributed by atoms with E-state index in [1.165, 1.54) is 5.56 Å². The van der Waals surface area contributed by atoms with Crippen molar-refractivity contribution in [1.29, 1.82) is 0 Å². The molecule has 4 rings (SSSR count). The number of nitrogens with one attached hydrogen (secondary N) is 2. The minimum Gasteiger partial charge on any atom is -0.352 e. The SMILES string of the molecule is CCc1ccc(NC(=O)N2CC[C@@]3(C[C@@H]3C(=O)NCc3cccnc3)C2)cc1. The molecular weight excluding hydrogens is 352 g/mol. The molecule has 1 aliphatic heterocycles. The third-order valence-electron chi connectivity index (χ3n) is 5.98. The van der Waals surface area contributed by atoms with Crippen LogP contribution in [0.4, 0.5) is 10.5 Å². The zero-order valence-corrected chi connectivity index (χ0v) is 16.1. The summed E-state index contributed by atoms with van der Waals surface area (Å²) in [4.78, 5) is 31.0. The maximum atomic E-state index is 12.6. The monoisotopic (exact) mass is 378 g/mol. The highest BCUT2D eigenvalue weighted by Gasteiger charge is 2.61. The summed E-state index contributed by atoms with van der Waals surface area (Å²) in [6, 6.07) is 11.7. The predicted octanol–water partition coefficient (Wildman–Crippen LogP) is 3.20. The molecule has 1 saturated carbocycles. The summed E-state index contributed by atoms with van der Waals surface area (Å²) in [7, 11) is 0. The number of pyridine rings is 1. The molecule has 2 aliphatic rings. The summed E-state index contributed by atoms with van der Waals surface area (Å²) in [5.74, 6) is 0.0899. The first-order valence-corrected chi connectivity index (χ1v) is 9.91. The van der Waals surface area contributed by atoms with Crippen LogP contribution >= 0.6 is 0 Å². The zero-order chi connectivity index (χ0) is 19.6. The Morgan fingerprint density at radius 2 is 2.04 bits per heavy atom. The number of carbonyl (C=O) groups excluding carboxylic acids is 2. The van der Waals surface area contributed by atoms with Gasteiger partial charge in [-0.3, -0.25) is 9.78 Å². The summed E-state index contributed by atoms with van der Waals surface area (Å²) in [5, 5.41) is 5.98. The minimum atomic E-state index is -0.0810.